The van der Waals surface area contributed by atoms with Gasteiger partial charge in [0.2, 0.25) is 0 Å². The predicted octanol–water partition coefficient (Wildman–Crippen LogP) is 4.77. The minimum absolute atomic E-state index is 0.229. The van der Waals surface area contributed by atoms with Crippen LogP contribution in [0.2, 0.25) is 0 Å². The van der Waals surface area contributed by atoms with Crippen LogP contribution >= 0.6 is 0 Å². The number of ether oxygens (including phenoxy) is 2. The van der Waals surface area contributed by atoms with Gasteiger partial charge in [-0.1, -0.05) is 36.4 Å². The fourth-order valence-corrected chi connectivity index (χ4v) is 2.11. The van der Waals surface area contributed by atoms with Crippen LogP contribution in [0.1, 0.15) is 33.4 Å². The number of carbonyl (C=O) groups is 1. The summed E-state index contributed by atoms with van der Waals surface area (Å²) in [7, 11) is 0. The molecule has 0 radical (unpaired) electrons. The summed E-state index contributed by atoms with van der Waals surface area (Å²) in [5, 5.41) is 0. The lowest BCUT2D eigenvalue weighted by Crippen LogP contribution is -2.07. The Bertz CT molecular complexity index is 617. The van der Waals surface area contributed by atoms with Crippen LogP contribution < -0.4 is 0 Å². The summed E-state index contributed by atoms with van der Waals surface area (Å²) < 4.78 is 10.3. The summed E-state index contributed by atoms with van der Waals surface area (Å²) in [4.78, 5) is 11.6. The first-order chi connectivity index (χ1) is 10.5. The van der Waals surface area contributed by atoms with Gasteiger partial charge in [0.25, 0.3) is 0 Å². The molecule has 3 heteroatoms. The van der Waals surface area contributed by atoms with Crippen molar-refractivity contribution in [2.24, 2.45) is 0 Å². The van der Waals surface area contributed by atoms with Gasteiger partial charge in [-0.2, -0.15) is 0 Å². The van der Waals surface area contributed by atoms with E-state index in [1.807, 2.05) is 50.2 Å². The molecule has 0 aliphatic heterocycles. The molecule has 22 heavy (non-hydrogen) atoms. The summed E-state index contributed by atoms with van der Waals surface area (Å²) in [6.45, 7) is 8.64. The zero-order valence-electron chi connectivity index (χ0n) is 13.6. The summed E-state index contributed by atoms with van der Waals surface area (Å²) in [6, 6.07) is 12.0. The Morgan fingerprint density at radius 1 is 0.727 bits per heavy atom. The number of rotatable bonds is 4. The SMILES string of the molecule is Cc1ccc(COC(=O)OCc2ccc(C)c(C)c2)cc1C. The average molecular weight is 298 g/mol. The van der Waals surface area contributed by atoms with E-state index in [1.165, 1.54) is 22.3 Å². The molecule has 0 saturated heterocycles. The van der Waals surface area contributed by atoms with Gasteiger partial charge >= 0.3 is 6.16 Å². The molecule has 116 valence electrons. The fourth-order valence-electron chi connectivity index (χ4n) is 2.11. The predicted molar refractivity (Wildman–Crippen MR) is 86.8 cm³/mol. The molecule has 0 aromatic heterocycles. The van der Waals surface area contributed by atoms with Crippen LogP contribution in [-0.4, -0.2) is 6.16 Å². The Morgan fingerprint density at radius 2 is 1.14 bits per heavy atom. The van der Waals surface area contributed by atoms with E-state index in [1.54, 1.807) is 0 Å². The topological polar surface area (TPSA) is 35.5 Å². The van der Waals surface area contributed by atoms with Crippen molar-refractivity contribution in [1.82, 2.24) is 0 Å². The molecule has 3 nitrogen and oxygen atoms in total. The molecule has 0 amide bonds. The normalized spacial score (nSPS) is 10.4. The van der Waals surface area contributed by atoms with Gasteiger partial charge in [-0.25, -0.2) is 4.79 Å². The summed E-state index contributed by atoms with van der Waals surface area (Å²) >= 11 is 0. The molecule has 2 aromatic carbocycles. The largest absolute Gasteiger partial charge is 0.508 e. The highest BCUT2D eigenvalue weighted by Gasteiger charge is 2.06. The third-order valence-corrected chi connectivity index (χ3v) is 3.86. The van der Waals surface area contributed by atoms with E-state index in [-0.39, 0.29) is 13.2 Å². The van der Waals surface area contributed by atoms with Crippen molar-refractivity contribution >= 4 is 6.16 Å². The van der Waals surface area contributed by atoms with Crippen LogP contribution in [0.5, 0.6) is 0 Å². The molecule has 0 saturated carbocycles. The van der Waals surface area contributed by atoms with Gasteiger partial charge in [0.1, 0.15) is 13.2 Å². The second kappa shape index (κ2) is 7.12. The van der Waals surface area contributed by atoms with Gasteiger partial charge in [0.05, 0.1) is 0 Å². The van der Waals surface area contributed by atoms with E-state index in [0.717, 1.165) is 11.1 Å². The molecule has 0 fully saturated rings. The van der Waals surface area contributed by atoms with E-state index in [4.69, 9.17) is 9.47 Å². The molecule has 0 aliphatic carbocycles. The maximum absolute atomic E-state index is 11.6. The molecule has 0 N–H and O–H groups in total. The smallest absolute Gasteiger partial charge is 0.429 e. The van der Waals surface area contributed by atoms with E-state index in [0.29, 0.717) is 0 Å². The first kappa shape index (κ1) is 16.1. The monoisotopic (exact) mass is 298 g/mol. The van der Waals surface area contributed by atoms with Crippen molar-refractivity contribution in [3.05, 3.63) is 69.8 Å². The lowest BCUT2D eigenvalue weighted by molar-refractivity contribution is 0.0446. The van der Waals surface area contributed by atoms with E-state index in [2.05, 4.69) is 13.8 Å². The second-order valence-electron chi connectivity index (χ2n) is 5.66. The Labute approximate surface area is 131 Å². The maximum atomic E-state index is 11.6. The molecule has 0 spiro atoms. The number of carbonyl (C=O) groups excluding carboxylic acids is 1. The Hall–Kier alpha value is -2.29. The van der Waals surface area contributed by atoms with Crippen molar-refractivity contribution in [3.8, 4) is 0 Å². The number of benzene rings is 2. The van der Waals surface area contributed by atoms with E-state index >= 15 is 0 Å². The summed E-state index contributed by atoms with van der Waals surface area (Å²) in [5.41, 5.74) is 6.74. The molecule has 0 heterocycles. The molecular formula is C19H22O3. The maximum Gasteiger partial charge on any atom is 0.508 e. The highest BCUT2D eigenvalue weighted by molar-refractivity contribution is 5.60. The lowest BCUT2D eigenvalue weighted by Gasteiger charge is -2.09. The first-order valence-electron chi connectivity index (χ1n) is 7.37. The van der Waals surface area contributed by atoms with Gasteiger partial charge in [-0.15, -0.1) is 0 Å². The molecule has 0 unspecified atom stereocenters. The Balaban J connectivity index is 1.82. The third kappa shape index (κ3) is 4.35. The van der Waals surface area contributed by atoms with Gasteiger partial charge in [0.15, 0.2) is 0 Å². The van der Waals surface area contributed by atoms with Crippen molar-refractivity contribution < 1.29 is 14.3 Å². The third-order valence-electron chi connectivity index (χ3n) is 3.86. The van der Waals surface area contributed by atoms with Crippen LogP contribution in [0.25, 0.3) is 0 Å². The molecule has 2 rings (SSSR count). The molecular weight excluding hydrogens is 276 g/mol. The zero-order valence-corrected chi connectivity index (χ0v) is 13.6. The van der Waals surface area contributed by atoms with Crippen LogP contribution in [0.3, 0.4) is 0 Å². The number of hydrogen-bond donors (Lipinski definition) is 0. The van der Waals surface area contributed by atoms with Crippen molar-refractivity contribution in [2.75, 3.05) is 0 Å². The number of aryl methyl sites for hydroxylation is 4. The van der Waals surface area contributed by atoms with Crippen LogP contribution in [-0.2, 0) is 22.7 Å². The van der Waals surface area contributed by atoms with Gasteiger partial charge in [-0.3, -0.25) is 0 Å². The van der Waals surface area contributed by atoms with Crippen molar-refractivity contribution in [3.63, 3.8) is 0 Å². The molecule has 0 atom stereocenters. The van der Waals surface area contributed by atoms with Gasteiger partial charge < -0.3 is 9.47 Å². The van der Waals surface area contributed by atoms with Crippen LogP contribution in [0.15, 0.2) is 36.4 Å². The fraction of sp³-hybridized carbons (Fsp3) is 0.316. The molecule has 0 aliphatic rings. The Morgan fingerprint density at radius 3 is 1.50 bits per heavy atom. The Kier molecular flexibility index (Phi) is 5.21. The first-order valence-corrected chi connectivity index (χ1v) is 7.37. The summed E-state index contributed by atoms with van der Waals surface area (Å²) in [6.07, 6.45) is -0.642. The van der Waals surface area contributed by atoms with Crippen LogP contribution in [0, 0.1) is 27.7 Å². The standard InChI is InChI=1S/C19H22O3/c1-13-5-7-17(9-15(13)3)11-21-19(20)22-12-18-8-6-14(2)16(4)10-18/h5-10H,11-12H2,1-4H3. The van der Waals surface area contributed by atoms with E-state index < -0.39 is 6.16 Å². The highest BCUT2D eigenvalue weighted by Crippen LogP contribution is 2.13. The van der Waals surface area contributed by atoms with Crippen molar-refractivity contribution in [1.29, 1.82) is 0 Å². The zero-order chi connectivity index (χ0) is 16.1. The molecule has 0 bridgehead atoms. The minimum Gasteiger partial charge on any atom is -0.429 e. The second-order valence-corrected chi connectivity index (χ2v) is 5.66. The van der Waals surface area contributed by atoms with Crippen molar-refractivity contribution in [2.45, 2.75) is 40.9 Å². The number of hydrogen-bond acceptors (Lipinski definition) is 3. The highest BCUT2D eigenvalue weighted by atomic mass is 16.7. The van der Waals surface area contributed by atoms with E-state index in [9.17, 15) is 4.79 Å². The average Bonchev–Trinajstić information content (AvgIpc) is 2.49. The van der Waals surface area contributed by atoms with Crippen LogP contribution in [0.4, 0.5) is 4.79 Å². The lowest BCUT2D eigenvalue weighted by atomic mass is 10.1. The van der Waals surface area contributed by atoms with Gasteiger partial charge in [0, 0.05) is 0 Å². The summed E-state index contributed by atoms with van der Waals surface area (Å²) in [5.74, 6) is 0. The molecule has 2 aromatic rings. The minimum atomic E-state index is -0.642. The van der Waals surface area contributed by atoms with Gasteiger partial charge in [-0.05, 0) is 61.1 Å². The quantitative estimate of drug-likeness (QED) is 0.762.